The highest BCUT2D eigenvalue weighted by atomic mass is 36.0. The van der Waals surface area contributed by atoms with Crippen molar-refractivity contribution in [3.05, 3.63) is 34.5 Å². The lowest BCUT2D eigenvalue weighted by atomic mass is 10.1. The molecule has 1 fully saturated rings. The zero-order chi connectivity index (χ0) is 17.9. The Morgan fingerprint density at radius 1 is 1.29 bits per heavy atom. The zero-order valence-electron chi connectivity index (χ0n) is 12.8. The molecule has 24 heavy (non-hydrogen) atoms. The van der Waals surface area contributed by atoms with Gasteiger partial charge >= 0.3 is 5.20 Å². The minimum Gasteiger partial charge on any atom is -0.381 e. The van der Waals surface area contributed by atoms with Gasteiger partial charge in [0.25, 0.3) is 0 Å². The van der Waals surface area contributed by atoms with Crippen molar-refractivity contribution in [2.24, 2.45) is 0 Å². The Labute approximate surface area is 159 Å². The van der Waals surface area contributed by atoms with Crippen molar-refractivity contribution in [3.8, 4) is 6.07 Å². The molecule has 0 amide bonds. The fourth-order valence-electron chi connectivity index (χ4n) is 2.99. The van der Waals surface area contributed by atoms with E-state index in [2.05, 4.69) is 44.4 Å². The van der Waals surface area contributed by atoms with Gasteiger partial charge in [-0.05, 0) is 59.6 Å². The second-order valence-electron chi connectivity index (χ2n) is 5.32. The molecule has 0 bridgehead atoms. The molecule has 0 aliphatic carbocycles. The summed E-state index contributed by atoms with van der Waals surface area (Å²) in [5.74, 6) is 0. The third-order valence-electron chi connectivity index (χ3n) is 3.89. The van der Waals surface area contributed by atoms with E-state index in [1.165, 1.54) is 0 Å². The number of aromatic nitrogens is 1. The first-order chi connectivity index (χ1) is 11.2. The lowest BCUT2D eigenvalue weighted by Crippen LogP contribution is -2.20. The SMILES string of the molecule is Cc1c(C#N)c2cccc(Cl)c2n1C1CCOCC1.O=P(Cl)(Cl)Cl. The van der Waals surface area contributed by atoms with Crippen molar-refractivity contribution in [1.29, 1.82) is 5.26 Å². The Balaban J connectivity index is 0.000000368. The molecule has 130 valence electrons. The standard InChI is InChI=1S/C15H15ClN2O.Cl3OP/c1-10-13(9-17)12-3-2-4-14(16)15(12)18(10)11-5-7-19-8-6-11;1-5(2,3)4/h2-4,11H,5-8H2,1H3;. The Kier molecular flexibility index (Phi) is 6.90. The molecule has 0 spiro atoms. The summed E-state index contributed by atoms with van der Waals surface area (Å²) < 4.78 is 17.2. The number of benzene rings is 1. The van der Waals surface area contributed by atoms with Gasteiger partial charge in [-0.15, -0.1) is 0 Å². The van der Waals surface area contributed by atoms with Gasteiger partial charge in [-0.25, -0.2) is 0 Å². The highest BCUT2D eigenvalue weighted by Crippen LogP contribution is 2.61. The molecule has 1 aromatic heterocycles. The van der Waals surface area contributed by atoms with Crippen LogP contribution in [0.25, 0.3) is 10.9 Å². The molecule has 0 atom stereocenters. The van der Waals surface area contributed by atoms with Gasteiger partial charge in [0.05, 0.1) is 16.1 Å². The summed E-state index contributed by atoms with van der Waals surface area (Å²) in [6, 6.07) is 8.45. The van der Waals surface area contributed by atoms with E-state index in [0.717, 1.165) is 48.2 Å². The average molecular weight is 428 g/mol. The van der Waals surface area contributed by atoms with Gasteiger partial charge < -0.3 is 9.30 Å². The third-order valence-corrected chi connectivity index (χ3v) is 4.19. The van der Waals surface area contributed by atoms with Crippen molar-refractivity contribution >= 4 is 61.4 Å². The summed E-state index contributed by atoms with van der Waals surface area (Å²) in [7, 11) is 0. The van der Waals surface area contributed by atoms with Crippen LogP contribution in [-0.2, 0) is 9.30 Å². The van der Waals surface area contributed by atoms with E-state index in [-0.39, 0.29) is 0 Å². The molecule has 1 aliphatic rings. The Bertz CT molecular complexity index is 811. The van der Waals surface area contributed by atoms with Crippen molar-refractivity contribution < 1.29 is 9.30 Å². The van der Waals surface area contributed by atoms with Gasteiger partial charge in [0.2, 0.25) is 0 Å². The lowest BCUT2D eigenvalue weighted by molar-refractivity contribution is 0.0703. The third kappa shape index (κ3) is 4.82. The van der Waals surface area contributed by atoms with Gasteiger partial charge in [-0.2, -0.15) is 5.26 Å². The smallest absolute Gasteiger partial charge is 0.339 e. The molecule has 0 N–H and O–H groups in total. The van der Waals surface area contributed by atoms with Crippen LogP contribution < -0.4 is 0 Å². The quantitative estimate of drug-likeness (QED) is 0.479. The predicted octanol–water partition coefficient (Wildman–Crippen LogP) is 6.64. The molecule has 0 radical (unpaired) electrons. The average Bonchev–Trinajstić information content (AvgIpc) is 2.79. The van der Waals surface area contributed by atoms with Crippen LogP contribution in [0.1, 0.15) is 30.1 Å². The molecular formula is C15H15Cl4N2O2P. The highest BCUT2D eigenvalue weighted by Gasteiger charge is 2.23. The summed E-state index contributed by atoms with van der Waals surface area (Å²) in [6.07, 6.45) is 1.95. The van der Waals surface area contributed by atoms with E-state index in [1.54, 1.807) is 0 Å². The first-order valence-electron chi connectivity index (χ1n) is 7.20. The van der Waals surface area contributed by atoms with Crippen LogP contribution in [0.4, 0.5) is 0 Å². The van der Waals surface area contributed by atoms with Crippen LogP contribution >= 0.6 is 50.5 Å². The van der Waals surface area contributed by atoms with Gasteiger partial charge in [0.1, 0.15) is 6.07 Å². The van der Waals surface area contributed by atoms with Gasteiger partial charge in [-0.1, -0.05) is 23.7 Å². The minimum absolute atomic E-state index is 0.373. The van der Waals surface area contributed by atoms with E-state index < -0.39 is 5.20 Å². The molecule has 2 heterocycles. The first-order valence-corrected chi connectivity index (χ1v) is 12.0. The molecule has 1 saturated heterocycles. The van der Waals surface area contributed by atoms with E-state index in [1.807, 2.05) is 25.1 Å². The number of hydrogen-bond acceptors (Lipinski definition) is 3. The minimum atomic E-state index is -3.22. The van der Waals surface area contributed by atoms with Crippen LogP contribution in [0.3, 0.4) is 0 Å². The number of para-hydroxylation sites is 1. The number of fused-ring (bicyclic) bond motifs is 1. The molecule has 1 aliphatic heterocycles. The van der Waals surface area contributed by atoms with Gasteiger partial charge in [0, 0.05) is 30.3 Å². The van der Waals surface area contributed by atoms with Crippen LogP contribution in [-0.4, -0.2) is 17.8 Å². The largest absolute Gasteiger partial charge is 0.381 e. The van der Waals surface area contributed by atoms with Crippen molar-refractivity contribution in [2.45, 2.75) is 25.8 Å². The summed E-state index contributed by atoms with van der Waals surface area (Å²) in [5, 5.41) is 7.84. The molecule has 1 aromatic carbocycles. The maximum atomic E-state index is 9.51. The Morgan fingerprint density at radius 2 is 1.88 bits per heavy atom. The highest BCUT2D eigenvalue weighted by molar-refractivity contribution is 8.24. The maximum absolute atomic E-state index is 9.51. The van der Waals surface area contributed by atoms with E-state index in [0.29, 0.717) is 11.1 Å². The fourth-order valence-corrected chi connectivity index (χ4v) is 3.25. The molecular weight excluding hydrogens is 413 g/mol. The van der Waals surface area contributed by atoms with Gasteiger partial charge in [-0.3, -0.25) is 4.57 Å². The topological polar surface area (TPSA) is 55.0 Å². The molecule has 0 saturated carbocycles. The molecule has 4 nitrogen and oxygen atoms in total. The zero-order valence-corrected chi connectivity index (χ0v) is 16.7. The number of rotatable bonds is 1. The second-order valence-corrected chi connectivity index (χ2v) is 12.4. The lowest BCUT2D eigenvalue weighted by Gasteiger charge is -2.26. The van der Waals surface area contributed by atoms with Crippen LogP contribution in [0, 0.1) is 18.3 Å². The number of nitrogens with zero attached hydrogens (tertiary/aromatic N) is 2. The van der Waals surface area contributed by atoms with Crippen LogP contribution in [0.2, 0.25) is 5.02 Å². The maximum Gasteiger partial charge on any atom is 0.339 e. The van der Waals surface area contributed by atoms with Gasteiger partial charge in [0.15, 0.2) is 0 Å². The molecule has 9 heteroatoms. The Morgan fingerprint density at radius 3 is 2.42 bits per heavy atom. The van der Waals surface area contributed by atoms with E-state index in [4.69, 9.17) is 16.3 Å². The molecule has 3 rings (SSSR count). The monoisotopic (exact) mass is 426 g/mol. The predicted molar refractivity (Wildman–Crippen MR) is 101 cm³/mol. The van der Waals surface area contributed by atoms with Crippen LogP contribution in [0.5, 0.6) is 0 Å². The van der Waals surface area contributed by atoms with E-state index >= 15 is 0 Å². The summed E-state index contributed by atoms with van der Waals surface area (Å²) in [5.41, 5.74) is 2.74. The molecule has 0 unspecified atom stereocenters. The summed E-state index contributed by atoms with van der Waals surface area (Å²) in [6.45, 7) is 3.55. The fraction of sp³-hybridized carbons (Fsp3) is 0.400. The van der Waals surface area contributed by atoms with Crippen molar-refractivity contribution in [3.63, 3.8) is 0 Å². The Hall–Kier alpha value is -0.400. The number of halogens is 4. The van der Waals surface area contributed by atoms with E-state index in [9.17, 15) is 9.83 Å². The summed E-state index contributed by atoms with van der Waals surface area (Å²) >= 11 is 20.2. The number of hydrogen-bond donors (Lipinski definition) is 0. The molecule has 2 aromatic rings. The van der Waals surface area contributed by atoms with Crippen molar-refractivity contribution in [1.82, 2.24) is 4.57 Å². The number of ether oxygens (including phenoxy) is 1. The normalized spacial score (nSPS) is 15.7. The summed E-state index contributed by atoms with van der Waals surface area (Å²) in [4.78, 5) is 0. The second kappa shape index (κ2) is 8.32. The first kappa shape index (κ1) is 19.9. The number of nitriles is 1. The van der Waals surface area contributed by atoms with Crippen molar-refractivity contribution in [2.75, 3.05) is 13.2 Å². The van der Waals surface area contributed by atoms with Crippen LogP contribution in [0.15, 0.2) is 18.2 Å².